The molecule has 1 unspecified atom stereocenters. The Kier molecular flexibility index (Phi) is 3.61. The fourth-order valence-electron chi connectivity index (χ4n) is 2.34. The van der Waals surface area contributed by atoms with E-state index in [0.717, 1.165) is 4.47 Å². The van der Waals surface area contributed by atoms with Gasteiger partial charge in [-0.05, 0) is 18.2 Å². The predicted octanol–water partition coefficient (Wildman–Crippen LogP) is 0.918. The molecule has 2 heterocycles. The fourth-order valence-corrected chi connectivity index (χ4v) is 2.70. The first kappa shape index (κ1) is 14.6. The SMILES string of the molecule is CNC(=O)C1Cn2cc(C(N)=O)nc2-c2cc(Br)ccc2O1. The monoisotopic (exact) mass is 364 g/mol. The Morgan fingerprint density at radius 3 is 2.95 bits per heavy atom. The molecule has 0 aliphatic carbocycles. The Labute approximate surface area is 134 Å². The Morgan fingerprint density at radius 2 is 2.27 bits per heavy atom. The van der Waals surface area contributed by atoms with E-state index in [1.165, 1.54) is 6.20 Å². The number of nitrogens with two attached hydrogens (primary N) is 1. The van der Waals surface area contributed by atoms with Crippen molar-refractivity contribution in [3.8, 4) is 17.1 Å². The van der Waals surface area contributed by atoms with Gasteiger partial charge in [-0.1, -0.05) is 15.9 Å². The number of nitrogens with zero attached hydrogens (tertiary/aromatic N) is 2. The summed E-state index contributed by atoms with van der Waals surface area (Å²) in [5.74, 6) is 0.194. The van der Waals surface area contributed by atoms with Gasteiger partial charge in [0, 0.05) is 17.7 Å². The molecule has 3 N–H and O–H groups in total. The standard InChI is InChI=1S/C14H13BrN4O3/c1-17-14(21)11-6-19-5-9(12(16)20)18-13(19)8-4-7(15)2-3-10(8)22-11/h2-5,11H,6H2,1H3,(H2,16,20)(H,17,21). The number of amides is 2. The highest BCUT2D eigenvalue weighted by molar-refractivity contribution is 9.10. The number of ether oxygens (including phenoxy) is 1. The Balaban J connectivity index is 2.18. The molecule has 114 valence electrons. The van der Waals surface area contributed by atoms with Gasteiger partial charge in [-0.15, -0.1) is 0 Å². The van der Waals surface area contributed by atoms with E-state index in [4.69, 9.17) is 10.5 Å². The third kappa shape index (κ3) is 2.45. The molecule has 2 aromatic rings. The normalized spacial score (nSPS) is 16.0. The smallest absolute Gasteiger partial charge is 0.268 e. The minimum atomic E-state index is -0.721. The number of fused-ring (bicyclic) bond motifs is 3. The summed E-state index contributed by atoms with van der Waals surface area (Å²) in [6, 6.07) is 5.39. The lowest BCUT2D eigenvalue weighted by Gasteiger charge is -2.16. The Morgan fingerprint density at radius 1 is 1.50 bits per heavy atom. The molecule has 0 saturated heterocycles. The van der Waals surface area contributed by atoms with Gasteiger partial charge in [-0.25, -0.2) is 4.98 Å². The van der Waals surface area contributed by atoms with Gasteiger partial charge < -0.3 is 20.4 Å². The molecule has 0 radical (unpaired) electrons. The number of carbonyl (C=O) groups excluding carboxylic acids is 2. The van der Waals surface area contributed by atoms with Crippen molar-refractivity contribution in [3.63, 3.8) is 0 Å². The van der Waals surface area contributed by atoms with Crippen LogP contribution in [0.3, 0.4) is 0 Å². The highest BCUT2D eigenvalue weighted by atomic mass is 79.9. The molecule has 0 bridgehead atoms. The first-order valence-corrected chi connectivity index (χ1v) is 7.34. The van der Waals surface area contributed by atoms with Crippen LogP contribution in [0.5, 0.6) is 5.75 Å². The van der Waals surface area contributed by atoms with Crippen molar-refractivity contribution in [3.05, 3.63) is 34.6 Å². The van der Waals surface area contributed by atoms with Crippen LogP contribution < -0.4 is 15.8 Å². The lowest BCUT2D eigenvalue weighted by Crippen LogP contribution is -2.38. The van der Waals surface area contributed by atoms with Crippen molar-refractivity contribution in [2.24, 2.45) is 5.73 Å². The zero-order chi connectivity index (χ0) is 15.9. The summed E-state index contributed by atoms with van der Waals surface area (Å²) in [6.07, 6.45) is 0.813. The van der Waals surface area contributed by atoms with Crippen LogP contribution in [0, 0.1) is 0 Å². The van der Waals surface area contributed by atoms with Crippen LogP contribution in [0.4, 0.5) is 0 Å². The number of imidazole rings is 1. The Bertz CT molecular complexity index is 771. The van der Waals surface area contributed by atoms with Crippen LogP contribution in [-0.4, -0.2) is 34.5 Å². The third-order valence-corrected chi connectivity index (χ3v) is 3.88. The van der Waals surface area contributed by atoms with E-state index in [1.54, 1.807) is 17.7 Å². The minimum absolute atomic E-state index is 0.151. The number of nitrogens with one attached hydrogen (secondary N) is 1. The molecule has 1 aromatic heterocycles. The average Bonchev–Trinajstić information content (AvgIpc) is 2.85. The highest BCUT2D eigenvalue weighted by Crippen LogP contribution is 2.35. The molecule has 8 heteroatoms. The number of benzene rings is 1. The molecule has 1 atom stereocenters. The van der Waals surface area contributed by atoms with Crippen molar-refractivity contribution in [1.29, 1.82) is 0 Å². The summed E-state index contributed by atoms with van der Waals surface area (Å²) < 4.78 is 8.34. The van der Waals surface area contributed by atoms with E-state index in [-0.39, 0.29) is 18.1 Å². The van der Waals surface area contributed by atoms with E-state index < -0.39 is 12.0 Å². The summed E-state index contributed by atoms with van der Waals surface area (Å²) in [4.78, 5) is 27.6. The van der Waals surface area contributed by atoms with Crippen molar-refractivity contribution < 1.29 is 14.3 Å². The second kappa shape index (κ2) is 5.45. The van der Waals surface area contributed by atoms with Crippen LogP contribution in [0.25, 0.3) is 11.4 Å². The van der Waals surface area contributed by atoms with Gasteiger partial charge in [-0.2, -0.15) is 0 Å². The van der Waals surface area contributed by atoms with Gasteiger partial charge in [-0.3, -0.25) is 9.59 Å². The first-order chi connectivity index (χ1) is 10.5. The van der Waals surface area contributed by atoms with E-state index in [9.17, 15) is 9.59 Å². The molecular formula is C14H13BrN4O3. The molecule has 0 fully saturated rings. The third-order valence-electron chi connectivity index (χ3n) is 3.38. The zero-order valence-corrected chi connectivity index (χ0v) is 13.3. The van der Waals surface area contributed by atoms with Crippen LogP contribution in [-0.2, 0) is 11.3 Å². The molecule has 7 nitrogen and oxygen atoms in total. The van der Waals surface area contributed by atoms with Gasteiger partial charge in [0.1, 0.15) is 17.3 Å². The summed E-state index contributed by atoms with van der Waals surface area (Å²) in [5, 5.41) is 2.57. The van der Waals surface area contributed by atoms with Gasteiger partial charge in [0.25, 0.3) is 11.8 Å². The van der Waals surface area contributed by atoms with Gasteiger partial charge in [0.15, 0.2) is 6.10 Å². The zero-order valence-electron chi connectivity index (χ0n) is 11.7. The van der Waals surface area contributed by atoms with Crippen LogP contribution in [0.2, 0.25) is 0 Å². The molecule has 1 aliphatic heterocycles. The molecule has 2 amide bonds. The maximum Gasteiger partial charge on any atom is 0.268 e. The second-order valence-electron chi connectivity index (χ2n) is 4.83. The number of primary amides is 1. The number of carbonyl (C=O) groups is 2. The molecule has 3 rings (SSSR count). The summed E-state index contributed by atoms with van der Waals surface area (Å²) in [7, 11) is 1.54. The number of hydrogen-bond acceptors (Lipinski definition) is 4. The number of halogens is 1. The number of hydrogen-bond donors (Lipinski definition) is 2. The van der Waals surface area contributed by atoms with Crippen LogP contribution >= 0.6 is 15.9 Å². The van der Waals surface area contributed by atoms with Crippen LogP contribution in [0.1, 0.15) is 10.5 Å². The first-order valence-electron chi connectivity index (χ1n) is 6.54. The minimum Gasteiger partial charge on any atom is -0.478 e. The predicted molar refractivity (Wildman–Crippen MR) is 82.4 cm³/mol. The molecular weight excluding hydrogens is 352 g/mol. The maximum absolute atomic E-state index is 12.0. The quantitative estimate of drug-likeness (QED) is 0.827. The van der Waals surface area contributed by atoms with Gasteiger partial charge in [0.2, 0.25) is 0 Å². The topological polar surface area (TPSA) is 99.2 Å². The fraction of sp³-hybridized carbons (Fsp3) is 0.214. The summed E-state index contributed by atoms with van der Waals surface area (Å²) >= 11 is 3.40. The number of likely N-dealkylation sites (N-methyl/N-ethyl adjacent to an activating group) is 1. The lowest BCUT2D eigenvalue weighted by molar-refractivity contribution is -0.127. The molecule has 1 aromatic carbocycles. The summed E-state index contributed by atoms with van der Waals surface area (Å²) in [6.45, 7) is 0.238. The molecule has 1 aliphatic rings. The maximum atomic E-state index is 12.0. The van der Waals surface area contributed by atoms with E-state index >= 15 is 0 Å². The number of aromatic nitrogens is 2. The molecule has 0 saturated carbocycles. The van der Waals surface area contributed by atoms with E-state index in [1.807, 2.05) is 12.1 Å². The highest BCUT2D eigenvalue weighted by Gasteiger charge is 2.28. The van der Waals surface area contributed by atoms with Gasteiger partial charge in [0.05, 0.1) is 12.1 Å². The summed E-state index contributed by atoms with van der Waals surface area (Å²) in [5.41, 5.74) is 6.14. The largest absolute Gasteiger partial charge is 0.478 e. The number of rotatable bonds is 2. The van der Waals surface area contributed by atoms with E-state index in [0.29, 0.717) is 17.1 Å². The van der Waals surface area contributed by atoms with Gasteiger partial charge >= 0.3 is 0 Å². The van der Waals surface area contributed by atoms with E-state index in [2.05, 4.69) is 26.2 Å². The van der Waals surface area contributed by atoms with Crippen molar-refractivity contribution >= 4 is 27.7 Å². The van der Waals surface area contributed by atoms with Crippen molar-refractivity contribution in [2.45, 2.75) is 12.6 Å². The van der Waals surface area contributed by atoms with Crippen molar-refractivity contribution in [1.82, 2.24) is 14.9 Å². The Hall–Kier alpha value is -2.35. The molecule has 0 spiro atoms. The molecule has 22 heavy (non-hydrogen) atoms. The second-order valence-corrected chi connectivity index (χ2v) is 5.74. The van der Waals surface area contributed by atoms with Crippen LogP contribution in [0.15, 0.2) is 28.9 Å². The lowest BCUT2D eigenvalue weighted by atomic mass is 10.2. The van der Waals surface area contributed by atoms with Crippen molar-refractivity contribution in [2.75, 3.05) is 7.05 Å². The average molecular weight is 365 g/mol.